The summed E-state index contributed by atoms with van der Waals surface area (Å²) >= 11 is 6.06. The van der Waals surface area contributed by atoms with E-state index < -0.39 is 11.9 Å². The fourth-order valence-electron chi connectivity index (χ4n) is 3.61. The number of hydrogen-bond donors (Lipinski definition) is 1. The molecule has 1 heterocycles. The number of ether oxygens (including phenoxy) is 1. The van der Waals surface area contributed by atoms with Crippen LogP contribution in [0, 0.1) is 11.8 Å². The van der Waals surface area contributed by atoms with Gasteiger partial charge in [-0.05, 0) is 30.0 Å². The van der Waals surface area contributed by atoms with Crippen LogP contribution in [-0.4, -0.2) is 24.8 Å². The number of ketones is 1. The van der Waals surface area contributed by atoms with Gasteiger partial charge in [0.05, 0.1) is 7.11 Å². The standard InChI is InChI=1S/C18H18ClNO4/c1-9-6-13-16(17(22)15(9)18(23)24-2)12(8-14(21)20-13)10-4-3-5-11(19)7-10/h3-5,7,9,12,15H,6,8H2,1-2H3,(H,20,21)/t9-,12+,15-/m0/s1. The Bertz CT molecular complexity index is 755. The number of carbonyl (C=O) groups is 3. The molecule has 0 bridgehead atoms. The van der Waals surface area contributed by atoms with Crippen LogP contribution in [0.4, 0.5) is 0 Å². The largest absolute Gasteiger partial charge is 0.468 e. The molecule has 0 saturated heterocycles. The maximum Gasteiger partial charge on any atom is 0.316 e. The third-order valence-electron chi connectivity index (χ3n) is 4.70. The van der Waals surface area contributed by atoms with Crippen LogP contribution in [0.1, 0.15) is 31.2 Å². The lowest BCUT2D eigenvalue weighted by Crippen LogP contribution is -2.44. The number of Topliss-reactive ketones (excluding diaryl/α,β-unsaturated/α-hetero) is 1. The van der Waals surface area contributed by atoms with E-state index in [0.717, 1.165) is 5.56 Å². The van der Waals surface area contributed by atoms with Gasteiger partial charge in [-0.3, -0.25) is 14.4 Å². The Morgan fingerprint density at radius 2 is 2.04 bits per heavy atom. The molecule has 2 aliphatic rings. The minimum atomic E-state index is -0.828. The van der Waals surface area contributed by atoms with Crippen molar-refractivity contribution < 1.29 is 19.1 Å². The summed E-state index contributed by atoms with van der Waals surface area (Å²) < 4.78 is 4.80. The van der Waals surface area contributed by atoms with Crippen molar-refractivity contribution in [2.45, 2.75) is 25.7 Å². The molecule has 24 heavy (non-hydrogen) atoms. The first-order valence-electron chi connectivity index (χ1n) is 7.82. The van der Waals surface area contributed by atoms with Crippen molar-refractivity contribution in [3.05, 3.63) is 46.1 Å². The highest BCUT2D eigenvalue weighted by Crippen LogP contribution is 2.42. The van der Waals surface area contributed by atoms with Gasteiger partial charge >= 0.3 is 5.97 Å². The summed E-state index contributed by atoms with van der Waals surface area (Å²) in [6.07, 6.45) is 0.622. The van der Waals surface area contributed by atoms with E-state index in [1.807, 2.05) is 13.0 Å². The second kappa shape index (κ2) is 6.40. The van der Waals surface area contributed by atoms with Crippen LogP contribution in [0.25, 0.3) is 0 Å². The normalized spacial score (nSPS) is 26.7. The number of halogens is 1. The average molecular weight is 348 g/mol. The third kappa shape index (κ3) is 2.84. The Hall–Kier alpha value is -2.14. The summed E-state index contributed by atoms with van der Waals surface area (Å²) in [4.78, 5) is 37.1. The Morgan fingerprint density at radius 3 is 2.71 bits per heavy atom. The van der Waals surface area contributed by atoms with E-state index in [9.17, 15) is 14.4 Å². The summed E-state index contributed by atoms with van der Waals surface area (Å²) in [5, 5.41) is 3.35. The summed E-state index contributed by atoms with van der Waals surface area (Å²) in [7, 11) is 1.28. The molecule has 126 valence electrons. The van der Waals surface area contributed by atoms with Crippen LogP contribution >= 0.6 is 11.6 Å². The molecule has 1 aliphatic heterocycles. The van der Waals surface area contributed by atoms with Gasteiger partial charge in [0.15, 0.2) is 5.78 Å². The first-order chi connectivity index (χ1) is 11.4. The van der Waals surface area contributed by atoms with Gasteiger partial charge in [0.1, 0.15) is 5.92 Å². The molecule has 0 spiro atoms. The fourth-order valence-corrected chi connectivity index (χ4v) is 3.80. The van der Waals surface area contributed by atoms with Crippen LogP contribution in [-0.2, 0) is 19.1 Å². The number of allylic oxidation sites excluding steroid dienone is 2. The van der Waals surface area contributed by atoms with Gasteiger partial charge in [-0.25, -0.2) is 0 Å². The van der Waals surface area contributed by atoms with Crippen molar-refractivity contribution in [2.75, 3.05) is 7.11 Å². The molecule has 1 aromatic carbocycles. The molecule has 1 N–H and O–H groups in total. The summed E-state index contributed by atoms with van der Waals surface area (Å²) in [6, 6.07) is 7.13. The number of carbonyl (C=O) groups excluding carboxylic acids is 3. The van der Waals surface area contributed by atoms with E-state index >= 15 is 0 Å². The molecule has 0 radical (unpaired) electrons. The molecule has 1 amide bonds. The minimum absolute atomic E-state index is 0.129. The van der Waals surface area contributed by atoms with E-state index in [4.69, 9.17) is 16.3 Å². The minimum Gasteiger partial charge on any atom is -0.468 e. The third-order valence-corrected chi connectivity index (χ3v) is 4.94. The number of methoxy groups -OCH3 is 1. The lowest BCUT2D eigenvalue weighted by Gasteiger charge is -2.36. The second-order valence-electron chi connectivity index (χ2n) is 6.30. The molecular weight excluding hydrogens is 330 g/mol. The Balaban J connectivity index is 2.08. The highest BCUT2D eigenvalue weighted by Gasteiger charge is 2.45. The van der Waals surface area contributed by atoms with Gasteiger partial charge < -0.3 is 10.1 Å². The molecule has 0 unspecified atom stereocenters. The molecule has 1 aliphatic carbocycles. The smallest absolute Gasteiger partial charge is 0.316 e. The molecule has 3 rings (SSSR count). The summed E-state index contributed by atoms with van der Waals surface area (Å²) in [5.41, 5.74) is 1.93. The Kier molecular flexibility index (Phi) is 4.45. The number of nitrogens with one attached hydrogen (secondary N) is 1. The van der Waals surface area contributed by atoms with Gasteiger partial charge in [0, 0.05) is 28.6 Å². The first-order valence-corrected chi connectivity index (χ1v) is 8.20. The van der Waals surface area contributed by atoms with Gasteiger partial charge in [-0.15, -0.1) is 0 Å². The van der Waals surface area contributed by atoms with Crippen molar-refractivity contribution in [3.8, 4) is 0 Å². The van der Waals surface area contributed by atoms with Crippen molar-refractivity contribution in [3.63, 3.8) is 0 Å². The zero-order valence-corrected chi connectivity index (χ0v) is 14.2. The van der Waals surface area contributed by atoms with Gasteiger partial charge in [-0.2, -0.15) is 0 Å². The molecule has 0 saturated carbocycles. The highest BCUT2D eigenvalue weighted by atomic mass is 35.5. The maximum atomic E-state index is 13.0. The zero-order chi connectivity index (χ0) is 17.4. The van der Waals surface area contributed by atoms with E-state index in [0.29, 0.717) is 22.7 Å². The lowest BCUT2D eigenvalue weighted by atomic mass is 9.70. The maximum absolute atomic E-state index is 13.0. The van der Waals surface area contributed by atoms with Crippen molar-refractivity contribution in [1.29, 1.82) is 0 Å². The lowest BCUT2D eigenvalue weighted by molar-refractivity contribution is -0.151. The number of benzene rings is 1. The molecule has 6 heteroatoms. The average Bonchev–Trinajstić information content (AvgIpc) is 2.53. The van der Waals surface area contributed by atoms with Crippen LogP contribution in [0.15, 0.2) is 35.5 Å². The predicted octanol–water partition coefficient (Wildman–Crippen LogP) is 2.60. The number of rotatable bonds is 2. The SMILES string of the molecule is COC(=O)[C@@H]1C(=O)C2=C(C[C@@H]1C)NC(=O)C[C@@H]2c1cccc(Cl)c1. The van der Waals surface area contributed by atoms with Crippen LogP contribution < -0.4 is 5.32 Å². The van der Waals surface area contributed by atoms with Crippen LogP contribution in [0.2, 0.25) is 5.02 Å². The summed E-state index contributed by atoms with van der Waals surface area (Å²) in [6.45, 7) is 1.82. The van der Waals surface area contributed by atoms with E-state index in [2.05, 4.69) is 5.32 Å². The number of esters is 1. The van der Waals surface area contributed by atoms with Crippen LogP contribution in [0.3, 0.4) is 0 Å². The Morgan fingerprint density at radius 1 is 1.29 bits per heavy atom. The molecule has 1 aromatic rings. The number of hydrogen-bond acceptors (Lipinski definition) is 4. The number of amides is 1. The topological polar surface area (TPSA) is 72.5 Å². The molecule has 3 atom stereocenters. The molecule has 5 nitrogen and oxygen atoms in total. The monoisotopic (exact) mass is 347 g/mol. The molecule has 0 aromatic heterocycles. The van der Waals surface area contributed by atoms with E-state index in [1.165, 1.54) is 7.11 Å². The molecular formula is C18H18ClNO4. The van der Waals surface area contributed by atoms with E-state index in [1.54, 1.807) is 18.2 Å². The van der Waals surface area contributed by atoms with Gasteiger partial charge in [-0.1, -0.05) is 30.7 Å². The van der Waals surface area contributed by atoms with E-state index in [-0.39, 0.29) is 29.9 Å². The zero-order valence-electron chi connectivity index (χ0n) is 13.5. The first kappa shape index (κ1) is 16.7. The fraction of sp³-hybridized carbons (Fsp3) is 0.389. The molecule has 0 fully saturated rings. The summed E-state index contributed by atoms with van der Waals surface area (Å²) in [5.74, 6) is -2.36. The van der Waals surface area contributed by atoms with Gasteiger partial charge in [0.2, 0.25) is 5.91 Å². The van der Waals surface area contributed by atoms with Crippen molar-refractivity contribution in [2.24, 2.45) is 11.8 Å². The quantitative estimate of drug-likeness (QED) is 0.659. The Labute approximate surface area is 145 Å². The predicted molar refractivity (Wildman–Crippen MR) is 88.3 cm³/mol. The van der Waals surface area contributed by atoms with Crippen molar-refractivity contribution in [1.82, 2.24) is 5.32 Å². The second-order valence-corrected chi connectivity index (χ2v) is 6.74. The van der Waals surface area contributed by atoms with Gasteiger partial charge in [0.25, 0.3) is 0 Å². The van der Waals surface area contributed by atoms with Crippen molar-refractivity contribution >= 4 is 29.3 Å². The highest BCUT2D eigenvalue weighted by molar-refractivity contribution is 6.30. The van der Waals surface area contributed by atoms with Crippen LogP contribution in [0.5, 0.6) is 0 Å².